The fourth-order valence-corrected chi connectivity index (χ4v) is 3.43. The third-order valence-electron chi connectivity index (χ3n) is 5.37. The predicted molar refractivity (Wildman–Crippen MR) is 116 cm³/mol. The number of carbonyl (C=O) groups is 2. The van der Waals surface area contributed by atoms with Crippen LogP contribution in [0.15, 0.2) is 42.5 Å². The second kappa shape index (κ2) is 9.56. The first-order valence-corrected chi connectivity index (χ1v) is 10.1. The van der Waals surface area contributed by atoms with Gasteiger partial charge in [-0.2, -0.15) is 0 Å². The molecule has 0 unspecified atom stereocenters. The maximum Gasteiger partial charge on any atom is 0.254 e. The third-order valence-corrected chi connectivity index (χ3v) is 5.37. The van der Waals surface area contributed by atoms with E-state index in [0.29, 0.717) is 12.1 Å². The standard InChI is InChI=1S/C23H29N3O3/c1-4-25(23(28)21-7-5-6-17(2)18(21)3)16-22(27)24-19-8-10-20(11-9-19)26-12-14-29-15-13-26/h5-11H,4,12-16H2,1-3H3,(H,24,27). The van der Waals surface area contributed by atoms with Gasteiger partial charge < -0.3 is 19.9 Å². The lowest BCUT2D eigenvalue weighted by molar-refractivity contribution is -0.116. The fraction of sp³-hybridized carbons (Fsp3) is 0.391. The van der Waals surface area contributed by atoms with Crippen molar-refractivity contribution in [1.82, 2.24) is 4.90 Å². The molecule has 0 aliphatic carbocycles. The largest absolute Gasteiger partial charge is 0.378 e. The molecular weight excluding hydrogens is 366 g/mol. The average molecular weight is 396 g/mol. The topological polar surface area (TPSA) is 61.9 Å². The Kier molecular flexibility index (Phi) is 6.88. The monoisotopic (exact) mass is 395 g/mol. The van der Waals surface area contributed by atoms with Crippen LogP contribution in [-0.2, 0) is 9.53 Å². The molecule has 1 aliphatic rings. The first kappa shape index (κ1) is 20.9. The van der Waals surface area contributed by atoms with Crippen LogP contribution < -0.4 is 10.2 Å². The lowest BCUT2D eigenvalue weighted by Gasteiger charge is -2.29. The van der Waals surface area contributed by atoms with Gasteiger partial charge in [0, 0.05) is 36.6 Å². The summed E-state index contributed by atoms with van der Waals surface area (Å²) < 4.78 is 5.38. The number of nitrogens with one attached hydrogen (secondary N) is 1. The summed E-state index contributed by atoms with van der Waals surface area (Å²) in [5.41, 5.74) is 4.51. The van der Waals surface area contributed by atoms with Crippen LogP contribution in [-0.4, -0.2) is 56.1 Å². The zero-order chi connectivity index (χ0) is 20.8. The summed E-state index contributed by atoms with van der Waals surface area (Å²) >= 11 is 0. The van der Waals surface area contributed by atoms with Gasteiger partial charge >= 0.3 is 0 Å². The zero-order valence-corrected chi connectivity index (χ0v) is 17.4. The molecule has 0 aromatic heterocycles. The molecule has 6 nitrogen and oxygen atoms in total. The van der Waals surface area contributed by atoms with Crippen LogP contribution in [0, 0.1) is 13.8 Å². The maximum atomic E-state index is 12.9. The number of anilines is 2. The summed E-state index contributed by atoms with van der Waals surface area (Å²) in [6, 6.07) is 13.5. The number of hydrogen-bond acceptors (Lipinski definition) is 4. The van der Waals surface area contributed by atoms with Crippen LogP contribution >= 0.6 is 0 Å². The van der Waals surface area contributed by atoms with Crippen molar-refractivity contribution in [3.63, 3.8) is 0 Å². The van der Waals surface area contributed by atoms with Crippen molar-refractivity contribution in [2.75, 3.05) is 49.6 Å². The molecule has 6 heteroatoms. The molecule has 154 valence electrons. The van der Waals surface area contributed by atoms with Crippen molar-refractivity contribution in [2.24, 2.45) is 0 Å². The number of morpholine rings is 1. The molecule has 1 saturated heterocycles. The van der Waals surface area contributed by atoms with Crippen LogP contribution in [0.5, 0.6) is 0 Å². The van der Waals surface area contributed by atoms with Gasteiger partial charge in [-0.25, -0.2) is 0 Å². The molecule has 2 amide bonds. The van der Waals surface area contributed by atoms with Gasteiger partial charge in [0.25, 0.3) is 5.91 Å². The normalized spacial score (nSPS) is 13.8. The Morgan fingerprint density at radius 2 is 1.76 bits per heavy atom. The van der Waals surface area contributed by atoms with Gasteiger partial charge in [-0.1, -0.05) is 12.1 Å². The van der Waals surface area contributed by atoms with Gasteiger partial charge in [-0.05, 0) is 62.2 Å². The van der Waals surface area contributed by atoms with E-state index in [1.54, 1.807) is 4.90 Å². The molecule has 1 aliphatic heterocycles. The van der Waals surface area contributed by atoms with Crippen LogP contribution in [0.25, 0.3) is 0 Å². The maximum absolute atomic E-state index is 12.9. The second-order valence-corrected chi connectivity index (χ2v) is 7.26. The quantitative estimate of drug-likeness (QED) is 0.816. The van der Waals surface area contributed by atoms with E-state index in [4.69, 9.17) is 4.74 Å². The van der Waals surface area contributed by atoms with Gasteiger partial charge in [0.1, 0.15) is 6.54 Å². The van der Waals surface area contributed by atoms with Gasteiger partial charge in [0.2, 0.25) is 5.91 Å². The molecule has 0 atom stereocenters. The number of ether oxygens (including phenoxy) is 1. The van der Waals surface area contributed by atoms with Crippen molar-refractivity contribution in [1.29, 1.82) is 0 Å². The Balaban J connectivity index is 1.61. The predicted octanol–water partition coefficient (Wildman–Crippen LogP) is 3.24. The summed E-state index contributed by atoms with van der Waals surface area (Å²) in [7, 11) is 0. The molecule has 2 aromatic rings. The minimum atomic E-state index is -0.204. The number of amides is 2. The molecule has 29 heavy (non-hydrogen) atoms. The van der Waals surface area contributed by atoms with E-state index >= 15 is 0 Å². The Labute approximate surface area is 172 Å². The second-order valence-electron chi connectivity index (χ2n) is 7.26. The molecule has 1 fully saturated rings. The smallest absolute Gasteiger partial charge is 0.254 e. The number of nitrogens with zero attached hydrogens (tertiary/aromatic N) is 2. The highest BCUT2D eigenvalue weighted by Crippen LogP contribution is 2.19. The Bertz CT molecular complexity index is 858. The van der Waals surface area contributed by atoms with Crippen molar-refractivity contribution in [3.8, 4) is 0 Å². The van der Waals surface area contributed by atoms with E-state index in [1.807, 2.05) is 63.2 Å². The molecule has 2 aromatic carbocycles. The first-order chi connectivity index (χ1) is 14.0. The number of likely N-dealkylation sites (N-methyl/N-ethyl adjacent to an activating group) is 1. The summed E-state index contributed by atoms with van der Waals surface area (Å²) in [4.78, 5) is 29.2. The highest BCUT2D eigenvalue weighted by Gasteiger charge is 2.19. The number of hydrogen-bond donors (Lipinski definition) is 1. The van der Waals surface area contributed by atoms with Gasteiger partial charge in [0.05, 0.1) is 13.2 Å². The molecule has 0 spiro atoms. The summed E-state index contributed by atoms with van der Waals surface area (Å²) in [5.74, 6) is -0.323. The molecule has 0 bridgehead atoms. The lowest BCUT2D eigenvalue weighted by Crippen LogP contribution is -2.38. The zero-order valence-electron chi connectivity index (χ0n) is 17.4. The van der Waals surface area contributed by atoms with E-state index in [0.717, 1.165) is 48.8 Å². The summed E-state index contributed by atoms with van der Waals surface area (Å²) in [5, 5.41) is 2.89. The molecular formula is C23H29N3O3. The highest BCUT2D eigenvalue weighted by molar-refractivity contribution is 6.00. The first-order valence-electron chi connectivity index (χ1n) is 10.1. The fourth-order valence-electron chi connectivity index (χ4n) is 3.43. The Morgan fingerprint density at radius 1 is 1.07 bits per heavy atom. The summed E-state index contributed by atoms with van der Waals surface area (Å²) in [6.45, 7) is 9.51. The van der Waals surface area contributed by atoms with Crippen LogP contribution in [0.1, 0.15) is 28.4 Å². The lowest BCUT2D eigenvalue weighted by atomic mass is 10.0. The van der Waals surface area contributed by atoms with E-state index in [1.165, 1.54) is 0 Å². The van der Waals surface area contributed by atoms with E-state index in [9.17, 15) is 9.59 Å². The van der Waals surface area contributed by atoms with Gasteiger partial charge in [-0.15, -0.1) is 0 Å². The Morgan fingerprint density at radius 3 is 2.41 bits per heavy atom. The van der Waals surface area contributed by atoms with E-state index in [-0.39, 0.29) is 18.4 Å². The van der Waals surface area contributed by atoms with Gasteiger partial charge in [0.15, 0.2) is 0 Å². The van der Waals surface area contributed by atoms with Crippen molar-refractivity contribution < 1.29 is 14.3 Å². The van der Waals surface area contributed by atoms with E-state index in [2.05, 4.69) is 10.2 Å². The molecule has 0 saturated carbocycles. The highest BCUT2D eigenvalue weighted by atomic mass is 16.5. The van der Waals surface area contributed by atoms with E-state index < -0.39 is 0 Å². The summed E-state index contributed by atoms with van der Waals surface area (Å²) in [6.07, 6.45) is 0. The SMILES string of the molecule is CCN(CC(=O)Nc1ccc(N2CCOCC2)cc1)C(=O)c1cccc(C)c1C. The minimum Gasteiger partial charge on any atom is -0.378 e. The van der Waals surface area contributed by atoms with Crippen molar-refractivity contribution >= 4 is 23.2 Å². The number of aryl methyl sites for hydroxylation is 1. The Hall–Kier alpha value is -2.86. The molecule has 1 N–H and O–H groups in total. The van der Waals surface area contributed by atoms with Crippen molar-refractivity contribution in [2.45, 2.75) is 20.8 Å². The molecule has 1 heterocycles. The average Bonchev–Trinajstić information content (AvgIpc) is 2.74. The minimum absolute atomic E-state index is 0.0218. The number of rotatable bonds is 6. The van der Waals surface area contributed by atoms with Crippen LogP contribution in [0.4, 0.5) is 11.4 Å². The van der Waals surface area contributed by atoms with Crippen LogP contribution in [0.2, 0.25) is 0 Å². The van der Waals surface area contributed by atoms with Crippen LogP contribution in [0.3, 0.4) is 0 Å². The van der Waals surface area contributed by atoms with Gasteiger partial charge in [-0.3, -0.25) is 9.59 Å². The number of benzene rings is 2. The third kappa shape index (κ3) is 5.15. The number of carbonyl (C=O) groups excluding carboxylic acids is 2. The molecule has 3 rings (SSSR count). The van der Waals surface area contributed by atoms with Crippen molar-refractivity contribution in [3.05, 3.63) is 59.2 Å². The molecule has 0 radical (unpaired) electrons.